The number of hydrogen-bond donors (Lipinski definition) is 1. The Balaban J connectivity index is 1.50. The van der Waals surface area contributed by atoms with Crippen molar-refractivity contribution in [2.24, 2.45) is 21.8 Å². The van der Waals surface area contributed by atoms with Crippen molar-refractivity contribution in [2.75, 3.05) is 0 Å². The van der Waals surface area contributed by atoms with E-state index in [1.807, 2.05) is 16.8 Å². The van der Waals surface area contributed by atoms with Crippen LogP contribution in [0.4, 0.5) is 0 Å². The summed E-state index contributed by atoms with van der Waals surface area (Å²) in [7, 11) is 0. The van der Waals surface area contributed by atoms with Gasteiger partial charge in [-0.15, -0.1) is 11.3 Å². The fraction of sp³-hybridized carbons (Fsp3) is 0.500. The molecular formula is C18H21N3OS2. The Kier molecular flexibility index (Phi) is 3.65. The molecule has 2 aliphatic carbocycles. The molecule has 2 saturated carbocycles. The third kappa shape index (κ3) is 2.27. The van der Waals surface area contributed by atoms with Crippen LogP contribution in [0, 0.1) is 16.7 Å². The molecular weight excluding hydrogens is 338 g/mol. The lowest BCUT2D eigenvalue weighted by Crippen LogP contribution is -2.34. The van der Waals surface area contributed by atoms with Gasteiger partial charge in [0.15, 0.2) is 0 Å². The van der Waals surface area contributed by atoms with Gasteiger partial charge in [-0.1, -0.05) is 20.8 Å². The highest BCUT2D eigenvalue weighted by Crippen LogP contribution is 2.63. The van der Waals surface area contributed by atoms with Gasteiger partial charge in [-0.3, -0.25) is 4.79 Å². The zero-order valence-corrected chi connectivity index (χ0v) is 15.8. The SMILES string of the molecule is CC1(C)[C@H]2CC[C@]1(C)/C(=N/NC(=O)c1csc(-c3ccsc3)n1)C2. The van der Waals surface area contributed by atoms with E-state index in [1.54, 1.807) is 16.7 Å². The number of nitrogens with one attached hydrogen (secondary N) is 1. The Labute approximate surface area is 150 Å². The summed E-state index contributed by atoms with van der Waals surface area (Å²) in [6, 6.07) is 2.02. The summed E-state index contributed by atoms with van der Waals surface area (Å²) in [6.07, 6.45) is 3.44. The molecule has 0 aromatic carbocycles. The summed E-state index contributed by atoms with van der Waals surface area (Å²) in [5.41, 5.74) is 5.77. The predicted molar refractivity (Wildman–Crippen MR) is 99.6 cm³/mol. The van der Waals surface area contributed by atoms with Gasteiger partial charge in [-0.25, -0.2) is 10.4 Å². The van der Waals surface area contributed by atoms with Gasteiger partial charge in [0.1, 0.15) is 10.7 Å². The van der Waals surface area contributed by atoms with Crippen molar-refractivity contribution in [1.29, 1.82) is 0 Å². The molecule has 2 atom stereocenters. The Hall–Kier alpha value is -1.53. The van der Waals surface area contributed by atoms with Crippen molar-refractivity contribution >= 4 is 34.3 Å². The van der Waals surface area contributed by atoms with Crippen LogP contribution >= 0.6 is 22.7 Å². The van der Waals surface area contributed by atoms with Crippen LogP contribution in [0.5, 0.6) is 0 Å². The van der Waals surface area contributed by atoms with Gasteiger partial charge in [-0.2, -0.15) is 16.4 Å². The van der Waals surface area contributed by atoms with Crippen molar-refractivity contribution in [1.82, 2.24) is 10.4 Å². The highest BCUT2D eigenvalue weighted by Gasteiger charge is 2.60. The fourth-order valence-electron chi connectivity index (χ4n) is 4.17. The lowest BCUT2D eigenvalue weighted by Gasteiger charge is -2.34. The maximum Gasteiger partial charge on any atom is 0.290 e. The van der Waals surface area contributed by atoms with E-state index in [2.05, 4.69) is 36.3 Å². The zero-order chi connectivity index (χ0) is 16.9. The van der Waals surface area contributed by atoms with E-state index in [9.17, 15) is 4.79 Å². The second-order valence-electron chi connectivity index (χ2n) is 7.54. The van der Waals surface area contributed by atoms with Gasteiger partial charge in [0.2, 0.25) is 0 Å². The van der Waals surface area contributed by atoms with Crippen molar-refractivity contribution in [3.63, 3.8) is 0 Å². The van der Waals surface area contributed by atoms with Gasteiger partial charge in [-0.05, 0) is 42.0 Å². The molecule has 1 N–H and O–H groups in total. The van der Waals surface area contributed by atoms with Gasteiger partial charge < -0.3 is 0 Å². The number of thiophene rings is 1. The van der Waals surface area contributed by atoms with Crippen LogP contribution in [-0.4, -0.2) is 16.6 Å². The first kappa shape index (κ1) is 16.0. The van der Waals surface area contributed by atoms with Gasteiger partial charge in [0, 0.05) is 27.5 Å². The average Bonchev–Trinajstić information content (AvgIpc) is 3.29. The molecule has 0 spiro atoms. The Morgan fingerprint density at radius 1 is 1.38 bits per heavy atom. The Morgan fingerprint density at radius 2 is 2.21 bits per heavy atom. The molecule has 0 radical (unpaired) electrons. The first-order valence-corrected chi connectivity index (χ1v) is 10.1. The number of fused-ring (bicyclic) bond motifs is 2. The first-order valence-electron chi connectivity index (χ1n) is 8.27. The number of thiazole rings is 1. The van der Waals surface area contributed by atoms with Crippen LogP contribution in [-0.2, 0) is 0 Å². The average molecular weight is 360 g/mol. The van der Waals surface area contributed by atoms with Crippen LogP contribution in [0.25, 0.3) is 10.6 Å². The minimum absolute atomic E-state index is 0.106. The summed E-state index contributed by atoms with van der Waals surface area (Å²) >= 11 is 3.12. The van der Waals surface area contributed by atoms with Crippen LogP contribution in [0.3, 0.4) is 0 Å². The molecule has 4 nitrogen and oxygen atoms in total. The summed E-state index contributed by atoms with van der Waals surface area (Å²) in [4.78, 5) is 16.8. The number of nitrogens with zero attached hydrogens (tertiary/aromatic N) is 2. The second-order valence-corrected chi connectivity index (χ2v) is 9.18. The van der Waals surface area contributed by atoms with E-state index < -0.39 is 0 Å². The quantitative estimate of drug-likeness (QED) is 0.800. The summed E-state index contributed by atoms with van der Waals surface area (Å²) in [6.45, 7) is 6.97. The molecule has 0 unspecified atom stereocenters. The molecule has 2 aromatic heterocycles. The van der Waals surface area contributed by atoms with Gasteiger partial charge in [0.05, 0.1) is 0 Å². The smallest absolute Gasteiger partial charge is 0.266 e. The molecule has 2 aromatic rings. The Morgan fingerprint density at radius 3 is 2.83 bits per heavy atom. The normalized spacial score (nSPS) is 29.3. The van der Waals surface area contributed by atoms with Crippen LogP contribution in [0.15, 0.2) is 27.3 Å². The molecule has 24 heavy (non-hydrogen) atoms. The molecule has 4 rings (SSSR count). The third-order valence-corrected chi connectivity index (χ3v) is 7.88. The molecule has 2 fully saturated rings. The number of aromatic nitrogens is 1. The molecule has 0 aliphatic heterocycles. The number of hydrogen-bond acceptors (Lipinski definition) is 5. The van der Waals surface area contributed by atoms with Gasteiger partial charge >= 0.3 is 0 Å². The van der Waals surface area contributed by atoms with E-state index >= 15 is 0 Å². The van der Waals surface area contributed by atoms with Crippen molar-refractivity contribution in [3.8, 4) is 10.6 Å². The van der Waals surface area contributed by atoms with Crippen molar-refractivity contribution in [3.05, 3.63) is 27.9 Å². The van der Waals surface area contributed by atoms with Crippen LogP contribution < -0.4 is 5.43 Å². The molecule has 1 amide bonds. The Bertz CT molecular complexity index is 806. The van der Waals surface area contributed by atoms with E-state index in [-0.39, 0.29) is 16.7 Å². The van der Waals surface area contributed by atoms with Crippen LogP contribution in [0.2, 0.25) is 0 Å². The maximum absolute atomic E-state index is 12.4. The minimum Gasteiger partial charge on any atom is -0.266 e. The standard InChI is InChI=1S/C18H21N3OS2/c1-17(2)12-4-6-18(17,3)14(8-12)20-21-15(22)13-10-24-16(19-13)11-5-7-23-9-11/h5,7,9-10,12H,4,6,8H2,1-3H3,(H,21,22)/b20-14+/t12-,18+/m0/s1. The summed E-state index contributed by atoms with van der Waals surface area (Å²) in [5, 5.41) is 11.2. The predicted octanol–water partition coefficient (Wildman–Crippen LogP) is 4.80. The summed E-state index contributed by atoms with van der Waals surface area (Å²) in [5.74, 6) is 0.465. The molecule has 2 heterocycles. The van der Waals surface area contributed by atoms with E-state index in [1.165, 1.54) is 24.2 Å². The van der Waals surface area contributed by atoms with E-state index in [0.717, 1.165) is 22.7 Å². The van der Waals surface area contributed by atoms with E-state index in [0.29, 0.717) is 11.6 Å². The third-order valence-electron chi connectivity index (χ3n) is 6.31. The fourth-order valence-corrected chi connectivity index (χ4v) is 5.68. The van der Waals surface area contributed by atoms with Crippen molar-refractivity contribution in [2.45, 2.75) is 40.0 Å². The zero-order valence-electron chi connectivity index (χ0n) is 14.1. The largest absolute Gasteiger partial charge is 0.290 e. The minimum atomic E-state index is -0.218. The van der Waals surface area contributed by atoms with E-state index in [4.69, 9.17) is 0 Å². The lowest BCUT2D eigenvalue weighted by atomic mass is 9.70. The maximum atomic E-state index is 12.4. The number of amides is 1. The number of carbonyl (C=O) groups excluding carboxylic acids is 1. The van der Waals surface area contributed by atoms with Gasteiger partial charge in [0.25, 0.3) is 5.91 Å². The highest BCUT2D eigenvalue weighted by molar-refractivity contribution is 7.14. The van der Waals surface area contributed by atoms with Crippen LogP contribution in [0.1, 0.15) is 50.5 Å². The molecule has 2 aliphatic rings. The monoisotopic (exact) mass is 359 g/mol. The van der Waals surface area contributed by atoms with Crippen molar-refractivity contribution < 1.29 is 4.79 Å². The molecule has 6 heteroatoms. The molecule has 126 valence electrons. The highest BCUT2D eigenvalue weighted by atomic mass is 32.1. The molecule has 2 bridgehead atoms. The first-order chi connectivity index (χ1) is 11.4. The topological polar surface area (TPSA) is 54.4 Å². The number of hydrazone groups is 1. The number of carbonyl (C=O) groups is 1. The summed E-state index contributed by atoms with van der Waals surface area (Å²) < 4.78 is 0. The lowest BCUT2D eigenvalue weighted by molar-refractivity contribution is 0.0949. The second kappa shape index (κ2) is 5.49. The molecule has 0 saturated heterocycles. The number of rotatable bonds is 3.